The van der Waals surface area contributed by atoms with Gasteiger partial charge in [-0.05, 0) is 35.4 Å². The maximum atomic E-state index is 12.8. The summed E-state index contributed by atoms with van der Waals surface area (Å²) >= 11 is 0. The van der Waals surface area contributed by atoms with Crippen LogP contribution >= 0.6 is 0 Å². The number of hydrogen-bond donors (Lipinski definition) is 1. The van der Waals surface area contributed by atoms with Gasteiger partial charge in [-0.3, -0.25) is 4.79 Å². The number of nitrogens with one attached hydrogen (secondary N) is 1. The first-order valence-electron chi connectivity index (χ1n) is 10.6. The van der Waals surface area contributed by atoms with Gasteiger partial charge in [0, 0.05) is 35.8 Å². The molecule has 0 unspecified atom stereocenters. The van der Waals surface area contributed by atoms with Crippen LogP contribution in [0.3, 0.4) is 0 Å². The third-order valence-corrected chi connectivity index (χ3v) is 5.57. The second-order valence-electron chi connectivity index (χ2n) is 7.76. The van der Waals surface area contributed by atoms with Crippen LogP contribution in [0.1, 0.15) is 16.7 Å². The fourth-order valence-electron chi connectivity index (χ4n) is 3.93. The lowest BCUT2D eigenvalue weighted by atomic mass is 10.1. The molecule has 0 saturated heterocycles. The highest BCUT2D eigenvalue weighted by molar-refractivity contribution is 6.04. The highest BCUT2D eigenvalue weighted by atomic mass is 16.7. The molecule has 6 nitrogen and oxygen atoms in total. The third kappa shape index (κ3) is 4.30. The molecule has 0 bridgehead atoms. The Hall–Kier alpha value is -4.50. The van der Waals surface area contributed by atoms with Gasteiger partial charge in [-0.15, -0.1) is 0 Å². The molecule has 1 amide bonds. The van der Waals surface area contributed by atoms with Gasteiger partial charge in [-0.25, -0.2) is 0 Å². The standard InChI is InChI=1S/C27H21N3O3/c28-14-21(27(31)29-15-20-10-11-25-26(12-20)33-18-32-25)13-22-17-30(16-19-6-2-1-3-7-19)24-9-5-4-8-23(22)24/h1-13,17H,15-16,18H2,(H,29,31)/b21-13-. The Morgan fingerprint density at radius 2 is 1.79 bits per heavy atom. The molecule has 0 atom stereocenters. The van der Waals surface area contributed by atoms with Crippen LogP contribution < -0.4 is 14.8 Å². The van der Waals surface area contributed by atoms with Crippen molar-refractivity contribution in [2.24, 2.45) is 0 Å². The van der Waals surface area contributed by atoms with E-state index in [2.05, 4.69) is 22.0 Å². The quantitative estimate of drug-likeness (QED) is 0.354. The van der Waals surface area contributed by atoms with Crippen LogP contribution in [-0.4, -0.2) is 17.3 Å². The molecule has 5 rings (SSSR count). The van der Waals surface area contributed by atoms with Gasteiger partial charge in [0.05, 0.1) is 0 Å². The predicted octanol–water partition coefficient (Wildman–Crippen LogP) is 4.64. The van der Waals surface area contributed by atoms with Crippen molar-refractivity contribution in [3.05, 3.63) is 101 Å². The van der Waals surface area contributed by atoms with E-state index in [1.165, 1.54) is 5.56 Å². The van der Waals surface area contributed by atoms with E-state index in [4.69, 9.17) is 9.47 Å². The smallest absolute Gasteiger partial charge is 0.262 e. The van der Waals surface area contributed by atoms with Crippen molar-refractivity contribution in [1.82, 2.24) is 9.88 Å². The number of amides is 1. The van der Waals surface area contributed by atoms with E-state index < -0.39 is 5.91 Å². The number of para-hydroxylation sites is 1. The van der Waals surface area contributed by atoms with Crippen LogP contribution in [0.25, 0.3) is 17.0 Å². The van der Waals surface area contributed by atoms with Crippen LogP contribution in [0.15, 0.2) is 84.6 Å². The normalized spacial score (nSPS) is 12.5. The zero-order valence-electron chi connectivity index (χ0n) is 17.8. The molecule has 6 heteroatoms. The number of aromatic nitrogens is 1. The van der Waals surface area contributed by atoms with Crippen molar-refractivity contribution in [2.45, 2.75) is 13.1 Å². The molecule has 0 spiro atoms. The first kappa shape index (κ1) is 20.4. The second kappa shape index (κ2) is 8.93. The van der Waals surface area contributed by atoms with Crippen LogP contribution in [0.2, 0.25) is 0 Å². The van der Waals surface area contributed by atoms with Crippen molar-refractivity contribution >= 4 is 22.9 Å². The van der Waals surface area contributed by atoms with Crippen LogP contribution in [0.4, 0.5) is 0 Å². The Kier molecular flexibility index (Phi) is 5.52. The number of hydrogen-bond acceptors (Lipinski definition) is 4. The second-order valence-corrected chi connectivity index (χ2v) is 7.76. The minimum Gasteiger partial charge on any atom is -0.454 e. The number of benzene rings is 3. The number of nitrogens with zero attached hydrogens (tertiary/aromatic N) is 2. The van der Waals surface area contributed by atoms with Gasteiger partial charge in [0.15, 0.2) is 11.5 Å². The third-order valence-electron chi connectivity index (χ3n) is 5.57. The molecule has 0 radical (unpaired) electrons. The summed E-state index contributed by atoms with van der Waals surface area (Å²) in [4.78, 5) is 12.8. The van der Waals surface area contributed by atoms with E-state index in [0.29, 0.717) is 18.0 Å². The number of ether oxygens (including phenoxy) is 2. The van der Waals surface area contributed by atoms with E-state index in [-0.39, 0.29) is 18.9 Å². The van der Waals surface area contributed by atoms with Gasteiger partial charge in [0.25, 0.3) is 5.91 Å². The predicted molar refractivity (Wildman–Crippen MR) is 125 cm³/mol. The fraction of sp³-hybridized carbons (Fsp3) is 0.111. The van der Waals surface area contributed by atoms with Crippen molar-refractivity contribution in [3.63, 3.8) is 0 Å². The zero-order chi connectivity index (χ0) is 22.6. The molecule has 4 aromatic rings. The first-order chi connectivity index (χ1) is 16.2. The molecule has 2 heterocycles. The molecule has 1 N–H and O–H groups in total. The Morgan fingerprint density at radius 3 is 2.64 bits per heavy atom. The van der Waals surface area contributed by atoms with Crippen LogP contribution in [0, 0.1) is 11.3 Å². The molecule has 1 aromatic heterocycles. The van der Waals surface area contributed by atoms with E-state index in [9.17, 15) is 10.1 Å². The summed E-state index contributed by atoms with van der Waals surface area (Å²) < 4.78 is 12.8. The first-order valence-corrected chi connectivity index (χ1v) is 10.6. The van der Waals surface area contributed by atoms with Gasteiger partial charge >= 0.3 is 0 Å². The lowest BCUT2D eigenvalue weighted by Crippen LogP contribution is -2.23. The number of carbonyl (C=O) groups is 1. The Labute approximate surface area is 191 Å². The fourth-order valence-corrected chi connectivity index (χ4v) is 3.93. The van der Waals surface area contributed by atoms with Crippen molar-refractivity contribution < 1.29 is 14.3 Å². The largest absolute Gasteiger partial charge is 0.454 e. The molecule has 162 valence electrons. The summed E-state index contributed by atoms with van der Waals surface area (Å²) in [6, 6.07) is 25.7. The molecule has 1 aliphatic rings. The molecule has 33 heavy (non-hydrogen) atoms. The van der Waals surface area contributed by atoms with E-state index >= 15 is 0 Å². The summed E-state index contributed by atoms with van der Waals surface area (Å²) in [5, 5.41) is 13.5. The topological polar surface area (TPSA) is 76.3 Å². The monoisotopic (exact) mass is 435 g/mol. The van der Waals surface area contributed by atoms with Crippen molar-refractivity contribution in [2.75, 3.05) is 6.79 Å². The zero-order valence-corrected chi connectivity index (χ0v) is 17.8. The average Bonchev–Trinajstić information content (AvgIpc) is 3.46. The van der Waals surface area contributed by atoms with Gasteiger partial charge in [0.1, 0.15) is 11.6 Å². The van der Waals surface area contributed by atoms with Crippen LogP contribution in [0.5, 0.6) is 11.5 Å². The molecule has 1 aliphatic heterocycles. The average molecular weight is 435 g/mol. The maximum absolute atomic E-state index is 12.8. The lowest BCUT2D eigenvalue weighted by Gasteiger charge is -2.05. The maximum Gasteiger partial charge on any atom is 0.262 e. The summed E-state index contributed by atoms with van der Waals surface area (Å²) in [7, 11) is 0. The number of rotatable bonds is 6. The molecule has 0 aliphatic carbocycles. The SMILES string of the molecule is N#C/C(=C/c1cn(Cc2ccccc2)c2ccccc12)C(=O)NCc1ccc2c(c1)OCO2. The van der Waals surface area contributed by atoms with Crippen LogP contribution in [-0.2, 0) is 17.9 Å². The van der Waals surface area contributed by atoms with E-state index in [0.717, 1.165) is 22.0 Å². The summed E-state index contributed by atoms with van der Waals surface area (Å²) in [5.74, 6) is 0.925. The minimum absolute atomic E-state index is 0.0540. The highest BCUT2D eigenvalue weighted by Crippen LogP contribution is 2.32. The van der Waals surface area contributed by atoms with Crippen molar-refractivity contribution in [3.8, 4) is 17.6 Å². The molecular weight excluding hydrogens is 414 g/mol. The minimum atomic E-state index is -0.421. The van der Waals surface area contributed by atoms with Gasteiger partial charge in [-0.1, -0.05) is 54.6 Å². The number of nitriles is 1. The Morgan fingerprint density at radius 1 is 1.00 bits per heavy atom. The molecular formula is C27H21N3O3. The lowest BCUT2D eigenvalue weighted by molar-refractivity contribution is -0.117. The van der Waals surface area contributed by atoms with Gasteiger partial charge < -0.3 is 19.4 Å². The van der Waals surface area contributed by atoms with E-state index in [1.54, 1.807) is 6.08 Å². The number of fused-ring (bicyclic) bond motifs is 2. The Balaban J connectivity index is 1.38. The summed E-state index contributed by atoms with van der Waals surface area (Å²) in [6.07, 6.45) is 3.64. The highest BCUT2D eigenvalue weighted by Gasteiger charge is 2.15. The molecule has 0 saturated carbocycles. The van der Waals surface area contributed by atoms with Gasteiger partial charge in [-0.2, -0.15) is 5.26 Å². The Bertz CT molecular complexity index is 1400. The van der Waals surface area contributed by atoms with Gasteiger partial charge in [0.2, 0.25) is 6.79 Å². The van der Waals surface area contributed by atoms with Crippen molar-refractivity contribution in [1.29, 1.82) is 5.26 Å². The molecule has 3 aromatic carbocycles. The molecule has 0 fully saturated rings. The summed E-state index contributed by atoms with van der Waals surface area (Å²) in [6.45, 7) is 1.18. The van der Waals surface area contributed by atoms with E-state index in [1.807, 2.05) is 72.9 Å². The summed E-state index contributed by atoms with van der Waals surface area (Å²) in [5.41, 5.74) is 3.97. The number of carbonyl (C=O) groups excluding carboxylic acids is 1.